The zero-order valence-electron chi connectivity index (χ0n) is 18.0. The molecule has 8 heteroatoms. The number of aromatic nitrogens is 3. The van der Waals surface area contributed by atoms with Crippen molar-refractivity contribution in [1.82, 2.24) is 14.5 Å². The number of carbonyl (C=O) groups is 1. The monoisotopic (exact) mass is 452 g/mol. The lowest BCUT2D eigenvalue weighted by molar-refractivity contribution is 0.101. The van der Waals surface area contributed by atoms with E-state index in [0.717, 1.165) is 11.1 Å². The van der Waals surface area contributed by atoms with Gasteiger partial charge in [-0.05, 0) is 47.5 Å². The predicted molar refractivity (Wildman–Crippen MR) is 127 cm³/mol. The van der Waals surface area contributed by atoms with Gasteiger partial charge in [-0.3, -0.25) is 9.36 Å². The fourth-order valence-corrected chi connectivity index (χ4v) is 3.58. The molecule has 3 aromatic heterocycles. The third-order valence-electron chi connectivity index (χ3n) is 5.20. The van der Waals surface area contributed by atoms with Crippen molar-refractivity contribution in [1.29, 1.82) is 0 Å². The van der Waals surface area contributed by atoms with Crippen molar-refractivity contribution in [3.8, 4) is 5.75 Å². The van der Waals surface area contributed by atoms with Gasteiger partial charge in [0.2, 0.25) is 0 Å². The molecule has 0 radical (unpaired) electrons. The number of oxazole rings is 1. The van der Waals surface area contributed by atoms with Gasteiger partial charge in [0.05, 0.1) is 12.1 Å². The molecule has 1 N–H and O–H groups in total. The summed E-state index contributed by atoms with van der Waals surface area (Å²) < 4.78 is 12.7. The minimum atomic E-state index is -0.447. The van der Waals surface area contributed by atoms with Crippen LogP contribution in [0.15, 0.2) is 100 Å². The highest BCUT2D eigenvalue weighted by Gasteiger charge is 2.16. The number of pyridine rings is 2. The molecule has 0 saturated heterocycles. The average molecular weight is 452 g/mol. The Kier molecular flexibility index (Phi) is 5.85. The van der Waals surface area contributed by atoms with Crippen LogP contribution in [0.3, 0.4) is 0 Å². The van der Waals surface area contributed by atoms with Gasteiger partial charge in [0, 0.05) is 12.4 Å². The highest BCUT2D eigenvalue weighted by Crippen LogP contribution is 2.19. The first kappa shape index (κ1) is 21.1. The molecule has 0 saturated carbocycles. The van der Waals surface area contributed by atoms with E-state index in [-0.39, 0.29) is 12.2 Å². The molecular weight excluding hydrogens is 432 g/mol. The summed E-state index contributed by atoms with van der Waals surface area (Å²) in [5, 5.41) is 2.77. The van der Waals surface area contributed by atoms with Crippen molar-refractivity contribution in [2.75, 3.05) is 5.32 Å². The Balaban J connectivity index is 1.33. The molecule has 0 fully saturated rings. The Morgan fingerprint density at radius 3 is 2.62 bits per heavy atom. The molecule has 3 heterocycles. The number of rotatable bonds is 7. The van der Waals surface area contributed by atoms with E-state index in [1.54, 1.807) is 36.5 Å². The molecule has 168 valence electrons. The van der Waals surface area contributed by atoms with Crippen molar-refractivity contribution < 1.29 is 13.9 Å². The molecule has 34 heavy (non-hydrogen) atoms. The SMILES string of the molecule is O=C(Nc1cc(Cn2c(=O)oc3ccccc32)ccn1)c1ncccc1OCc1ccccc1. The highest BCUT2D eigenvalue weighted by atomic mass is 16.5. The quantitative estimate of drug-likeness (QED) is 0.396. The van der Waals surface area contributed by atoms with Gasteiger partial charge >= 0.3 is 5.76 Å². The Hall–Kier alpha value is -4.72. The number of hydrogen-bond acceptors (Lipinski definition) is 6. The van der Waals surface area contributed by atoms with Crippen LogP contribution in [0.1, 0.15) is 21.6 Å². The van der Waals surface area contributed by atoms with Crippen LogP contribution in [-0.2, 0) is 13.2 Å². The normalized spacial score (nSPS) is 10.8. The fourth-order valence-electron chi connectivity index (χ4n) is 3.58. The predicted octanol–water partition coefficient (Wildman–Crippen LogP) is 4.26. The van der Waals surface area contributed by atoms with Gasteiger partial charge in [-0.15, -0.1) is 0 Å². The molecule has 1 amide bonds. The number of hydrogen-bond donors (Lipinski definition) is 1. The first-order valence-electron chi connectivity index (χ1n) is 10.6. The van der Waals surface area contributed by atoms with Crippen LogP contribution in [0.4, 0.5) is 5.82 Å². The Morgan fingerprint density at radius 2 is 1.74 bits per heavy atom. The number of nitrogens with zero attached hydrogens (tertiary/aromatic N) is 3. The molecule has 0 aliphatic rings. The third-order valence-corrected chi connectivity index (χ3v) is 5.20. The number of benzene rings is 2. The molecule has 0 unspecified atom stereocenters. The van der Waals surface area contributed by atoms with Crippen molar-refractivity contribution >= 4 is 22.8 Å². The zero-order chi connectivity index (χ0) is 23.3. The summed E-state index contributed by atoms with van der Waals surface area (Å²) in [6, 6.07) is 23.8. The van der Waals surface area contributed by atoms with Gasteiger partial charge in [0.15, 0.2) is 17.0 Å². The number of ether oxygens (including phenoxy) is 1. The van der Waals surface area contributed by atoms with E-state index in [0.29, 0.717) is 29.3 Å². The van der Waals surface area contributed by atoms with E-state index in [2.05, 4.69) is 15.3 Å². The maximum atomic E-state index is 12.9. The van der Waals surface area contributed by atoms with Crippen LogP contribution in [0.2, 0.25) is 0 Å². The lowest BCUT2D eigenvalue weighted by Gasteiger charge is -2.11. The molecule has 2 aromatic carbocycles. The summed E-state index contributed by atoms with van der Waals surface area (Å²) in [7, 11) is 0. The number of fused-ring (bicyclic) bond motifs is 1. The number of para-hydroxylation sites is 2. The maximum Gasteiger partial charge on any atom is 0.420 e. The summed E-state index contributed by atoms with van der Waals surface area (Å²) in [6.07, 6.45) is 3.11. The summed E-state index contributed by atoms with van der Waals surface area (Å²) in [4.78, 5) is 33.6. The van der Waals surface area contributed by atoms with E-state index in [4.69, 9.17) is 9.15 Å². The largest absolute Gasteiger partial charge is 0.486 e. The average Bonchev–Trinajstić information content (AvgIpc) is 3.18. The molecule has 0 atom stereocenters. The molecule has 5 aromatic rings. The van der Waals surface area contributed by atoms with Crippen molar-refractivity contribution in [3.63, 3.8) is 0 Å². The lowest BCUT2D eigenvalue weighted by Crippen LogP contribution is -2.17. The maximum absolute atomic E-state index is 12.9. The summed E-state index contributed by atoms with van der Waals surface area (Å²) in [5.41, 5.74) is 3.13. The molecule has 0 spiro atoms. The molecule has 0 bridgehead atoms. The lowest BCUT2D eigenvalue weighted by atomic mass is 10.2. The fraction of sp³-hybridized carbons (Fsp3) is 0.0769. The Morgan fingerprint density at radius 1 is 0.912 bits per heavy atom. The standard InChI is InChI=1S/C26H20N4O4/c31-25(24-22(11-6-13-28-24)33-17-18-7-2-1-3-8-18)29-23-15-19(12-14-27-23)16-30-20-9-4-5-10-21(20)34-26(30)32/h1-15H,16-17H2,(H,27,29,31). The van der Waals surface area contributed by atoms with Gasteiger partial charge in [-0.1, -0.05) is 42.5 Å². The second-order valence-corrected chi connectivity index (χ2v) is 7.55. The van der Waals surface area contributed by atoms with Crippen molar-refractivity contribution in [3.05, 3.63) is 119 Å². The zero-order valence-corrected chi connectivity index (χ0v) is 18.0. The van der Waals surface area contributed by atoms with Gasteiger partial charge < -0.3 is 14.5 Å². The van der Waals surface area contributed by atoms with E-state index in [9.17, 15) is 9.59 Å². The van der Waals surface area contributed by atoms with Crippen molar-refractivity contribution in [2.45, 2.75) is 13.2 Å². The van der Waals surface area contributed by atoms with Gasteiger partial charge in [0.25, 0.3) is 5.91 Å². The van der Waals surface area contributed by atoms with Crippen molar-refractivity contribution in [2.24, 2.45) is 0 Å². The van der Waals surface area contributed by atoms with Gasteiger partial charge in [-0.25, -0.2) is 14.8 Å². The number of carbonyl (C=O) groups excluding carboxylic acids is 1. The summed E-state index contributed by atoms with van der Waals surface area (Å²) in [6.45, 7) is 0.588. The summed E-state index contributed by atoms with van der Waals surface area (Å²) in [5.74, 6) is -0.184. The van der Waals surface area contributed by atoms with Gasteiger partial charge in [0.1, 0.15) is 12.4 Å². The topological polar surface area (TPSA) is 99.3 Å². The number of amides is 1. The van der Waals surface area contributed by atoms with E-state index in [1.807, 2.05) is 48.5 Å². The van der Waals surface area contributed by atoms with Crippen LogP contribution in [0.5, 0.6) is 5.75 Å². The number of anilines is 1. The van der Waals surface area contributed by atoms with E-state index < -0.39 is 11.7 Å². The van der Waals surface area contributed by atoms with Crippen LogP contribution in [0, 0.1) is 0 Å². The van der Waals surface area contributed by atoms with Gasteiger partial charge in [-0.2, -0.15) is 0 Å². The third kappa shape index (κ3) is 4.56. The smallest absolute Gasteiger partial charge is 0.420 e. The first-order valence-corrected chi connectivity index (χ1v) is 10.6. The second-order valence-electron chi connectivity index (χ2n) is 7.55. The molecule has 0 aliphatic heterocycles. The van der Waals surface area contributed by atoms with Crippen LogP contribution in [0.25, 0.3) is 11.1 Å². The molecular formula is C26H20N4O4. The molecule has 8 nitrogen and oxygen atoms in total. The molecule has 0 aliphatic carbocycles. The Labute approximate surface area is 194 Å². The second kappa shape index (κ2) is 9.41. The van der Waals surface area contributed by atoms with E-state index in [1.165, 1.54) is 10.8 Å². The number of nitrogens with one attached hydrogen (secondary N) is 1. The first-order chi connectivity index (χ1) is 16.7. The van der Waals surface area contributed by atoms with Crippen LogP contribution < -0.4 is 15.8 Å². The Bertz CT molecular complexity index is 1510. The van der Waals surface area contributed by atoms with E-state index >= 15 is 0 Å². The van der Waals surface area contributed by atoms with Crippen LogP contribution >= 0.6 is 0 Å². The highest BCUT2D eigenvalue weighted by molar-refractivity contribution is 6.04. The summed E-state index contributed by atoms with van der Waals surface area (Å²) >= 11 is 0. The minimum Gasteiger partial charge on any atom is -0.486 e. The molecule has 5 rings (SSSR count). The minimum absolute atomic E-state index is 0.155. The van der Waals surface area contributed by atoms with Crippen LogP contribution in [-0.4, -0.2) is 20.4 Å².